The molecular weight excluding hydrogens is 281 g/mol. The maximum absolute atomic E-state index is 6.32. The zero-order valence-corrected chi connectivity index (χ0v) is 12.3. The van der Waals surface area contributed by atoms with Gasteiger partial charge in [0.25, 0.3) is 0 Å². The van der Waals surface area contributed by atoms with Gasteiger partial charge in [-0.25, -0.2) is 0 Å². The SMILES string of the molecule is COc1ccc(Cl)cc1C(N)c1cccc(C)c1Cl. The van der Waals surface area contributed by atoms with Gasteiger partial charge in [-0.05, 0) is 36.2 Å². The zero-order valence-electron chi connectivity index (χ0n) is 10.8. The highest BCUT2D eigenvalue weighted by molar-refractivity contribution is 6.32. The lowest BCUT2D eigenvalue weighted by Crippen LogP contribution is -2.14. The second kappa shape index (κ2) is 5.83. The van der Waals surface area contributed by atoms with Gasteiger partial charge in [0.1, 0.15) is 5.75 Å². The Kier molecular flexibility index (Phi) is 4.35. The molecule has 1 atom stereocenters. The van der Waals surface area contributed by atoms with Crippen LogP contribution in [0.5, 0.6) is 5.75 Å². The van der Waals surface area contributed by atoms with Gasteiger partial charge in [0.05, 0.1) is 13.2 Å². The van der Waals surface area contributed by atoms with Crippen LogP contribution in [0.25, 0.3) is 0 Å². The average Bonchev–Trinajstić information content (AvgIpc) is 2.41. The summed E-state index contributed by atoms with van der Waals surface area (Å²) in [7, 11) is 1.61. The summed E-state index contributed by atoms with van der Waals surface area (Å²) in [4.78, 5) is 0. The van der Waals surface area contributed by atoms with Gasteiger partial charge >= 0.3 is 0 Å². The van der Waals surface area contributed by atoms with E-state index in [-0.39, 0.29) is 6.04 Å². The normalized spacial score (nSPS) is 12.3. The van der Waals surface area contributed by atoms with Crippen molar-refractivity contribution in [2.45, 2.75) is 13.0 Å². The van der Waals surface area contributed by atoms with Crippen LogP contribution in [0.3, 0.4) is 0 Å². The van der Waals surface area contributed by atoms with Crippen LogP contribution in [0, 0.1) is 6.92 Å². The van der Waals surface area contributed by atoms with Crippen LogP contribution in [-0.2, 0) is 0 Å². The van der Waals surface area contributed by atoms with Crippen molar-refractivity contribution in [3.8, 4) is 5.75 Å². The van der Waals surface area contributed by atoms with E-state index in [1.54, 1.807) is 19.2 Å². The van der Waals surface area contributed by atoms with Gasteiger partial charge in [0.15, 0.2) is 0 Å². The maximum Gasteiger partial charge on any atom is 0.124 e. The van der Waals surface area contributed by atoms with Crippen LogP contribution < -0.4 is 10.5 Å². The summed E-state index contributed by atoms with van der Waals surface area (Å²) in [6, 6.07) is 10.8. The monoisotopic (exact) mass is 295 g/mol. The number of rotatable bonds is 3. The molecule has 0 amide bonds. The lowest BCUT2D eigenvalue weighted by molar-refractivity contribution is 0.408. The molecule has 0 radical (unpaired) electrons. The molecule has 0 aliphatic carbocycles. The molecule has 2 aromatic rings. The predicted octanol–water partition coefficient (Wildman–Crippen LogP) is 4.36. The minimum absolute atomic E-state index is 0.374. The van der Waals surface area contributed by atoms with Gasteiger partial charge in [-0.3, -0.25) is 0 Å². The summed E-state index contributed by atoms with van der Waals surface area (Å²) < 4.78 is 5.33. The molecular formula is C15H15Cl2NO. The van der Waals surface area contributed by atoms with Gasteiger partial charge < -0.3 is 10.5 Å². The molecule has 0 saturated heterocycles. The quantitative estimate of drug-likeness (QED) is 0.913. The Morgan fingerprint density at radius 2 is 1.84 bits per heavy atom. The van der Waals surface area contributed by atoms with E-state index in [9.17, 15) is 0 Å². The van der Waals surface area contributed by atoms with Crippen LogP contribution in [0.2, 0.25) is 10.0 Å². The number of hydrogen-bond acceptors (Lipinski definition) is 2. The van der Waals surface area contributed by atoms with Crippen molar-refractivity contribution in [2.24, 2.45) is 5.73 Å². The molecule has 100 valence electrons. The minimum Gasteiger partial charge on any atom is -0.496 e. The first-order valence-corrected chi connectivity index (χ1v) is 6.64. The van der Waals surface area contributed by atoms with E-state index in [1.807, 2.05) is 31.2 Å². The van der Waals surface area contributed by atoms with Crippen molar-refractivity contribution in [1.29, 1.82) is 0 Å². The fraction of sp³-hybridized carbons (Fsp3) is 0.200. The van der Waals surface area contributed by atoms with E-state index in [4.69, 9.17) is 33.7 Å². The zero-order chi connectivity index (χ0) is 14.0. The van der Waals surface area contributed by atoms with Gasteiger partial charge in [-0.1, -0.05) is 41.4 Å². The summed E-state index contributed by atoms with van der Waals surface area (Å²) in [5, 5.41) is 1.30. The van der Waals surface area contributed by atoms with Crippen molar-refractivity contribution in [3.63, 3.8) is 0 Å². The number of hydrogen-bond donors (Lipinski definition) is 1. The third kappa shape index (κ3) is 2.86. The third-order valence-corrected chi connectivity index (χ3v) is 3.83. The standard InChI is InChI=1S/C15H15Cl2NO/c1-9-4-3-5-11(14(9)17)15(18)12-8-10(16)6-7-13(12)19-2/h3-8,15H,18H2,1-2H3. The fourth-order valence-corrected chi connectivity index (χ4v) is 2.45. The van der Waals surface area contributed by atoms with E-state index in [0.717, 1.165) is 16.7 Å². The van der Waals surface area contributed by atoms with Crippen molar-refractivity contribution in [1.82, 2.24) is 0 Å². The molecule has 0 fully saturated rings. The highest BCUT2D eigenvalue weighted by Crippen LogP contribution is 2.34. The molecule has 19 heavy (non-hydrogen) atoms. The smallest absolute Gasteiger partial charge is 0.124 e. The van der Waals surface area contributed by atoms with E-state index in [0.29, 0.717) is 15.8 Å². The minimum atomic E-state index is -0.374. The molecule has 0 heterocycles. The molecule has 0 spiro atoms. The Balaban J connectivity index is 2.52. The molecule has 1 unspecified atom stereocenters. The predicted molar refractivity (Wildman–Crippen MR) is 80.2 cm³/mol. The Labute approximate surface area is 123 Å². The lowest BCUT2D eigenvalue weighted by Gasteiger charge is -2.18. The molecule has 0 aliphatic rings. The summed E-state index contributed by atoms with van der Waals surface area (Å²) >= 11 is 12.4. The number of halogens is 2. The summed E-state index contributed by atoms with van der Waals surface area (Å²) in [6.07, 6.45) is 0. The number of benzene rings is 2. The Morgan fingerprint density at radius 1 is 1.11 bits per heavy atom. The molecule has 0 aromatic heterocycles. The van der Waals surface area contributed by atoms with Crippen molar-refractivity contribution < 1.29 is 4.74 Å². The van der Waals surface area contributed by atoms with Crippen LogP contribution in [0.4, 0.5) is 0 Å². The van der Waals surface area contributed by atoms with Gasteiger partial charge in [-0.15, -0.1) is 0 Å². The number of nitrogens with two attached hydrogens (primary N) is 1. The van der Waals surface area contributed by atoms with Crippen molar-refractivity contribution in [3.05, 3.63) is 63.1 Å². The van der Waals surface area contributed by atoms with Crippen LogP contribution in [0.1, 0.15) is 22.7 Å². The maximum atomic E-state index is 6.32. The van der Waals surface area contributed by atoms with Gasteiger partial charge in [0, 0.05) is 15.6 Å². The number of aryl methyl sites for hydroxylation is 1. The first kappa shape index (κ1) is 14.2. The first-order chi connectivity index (χ1) is 9.04. The summed E-state index contributed by atoms with van der Waals surface area (Å²) in [5.41, 5.74) is 8.99. The van der Waals surface area contributed by atoms with Crippen LogP contribution in [0.15, 0.2) is 36.4 Å². The number of methoxy groups -OCH3 is 1. The van der Waals surface area contributed by atoms with E-state index < -0.39 is 0 Å². The fourth-order valence-electron chi connectivity index (χ4n) is 2.03. The Morgan fingerprint density at radius 3 is 2.53 bits per heavy atom. The van der Waals surface area contributed by atoms with E-state index in [1.165, 1.54) is 0 Å². The van der Waals surface area contributed by atoms with Crippen molar-refractivity contribution >= 4 is 23.2 Å². The molecule has 0 bridgehead atoms. The topological polar surface area (TPSA) is 35.2 Å². The molecule has 0 saturated carbocycles. The van der Waals surface area contributed by atoms with E-state index in [2.05, 4.69) is 0 Å². The Bertz CT molecular complexity index is 599. The molecule has 2 rings (SSSR count). The highest BCUT2D eigenvalue weighted by atomic mass is 35.5. The molecule has 4 heteroatoms. The van der Waals surface area contributed by atoms with Gasteiger partial charge in [-0.2, -0.15) is 0 Å². The largest absolute Gasteiger partial charge is 0.496 e. The highest BCUT2D eigenvalue weighted by Gasteiger charge is 2.17. The van der Waals surface area contributed by atoms with Crippen LogP contribution in [-0.4, -0.2) is 7.11 Å². The first-order valence-electron chi connectivity index (χ1n) is 5.88. The molecule has 2 aromatic carbocycles. The molecule has 0 aliphatic heterocycles. The molecule has 2 nitrogen and oxygen atoms in total. The van der Waals surface area contributed by atoms with Gasteiger partial charge in [0.2, 0.25) is 0 Å². The molecule has 2 N–H and O–H groups in total. The Hall–Kier alpha value is -1.22. The number of ether oxygens (including phenoxy) is 1. The summed E-state index contributed by atoms with van der Waals surface area (Å²) in [5.74, 6) is 0.703. The van der Waals surface area contributed by atoms with E-state index >= 15 is 0 Å². The second-order valence-corrected chi connectivity index (χ2v) is 5.16. The second-order valence-electron chi connectivity index (χ2n) is 4.34. The van der Waals surface area contributed by atoms with Crippen molar-refractivity contribution in [2.75, 3.05) is 7.11 Å². The lowest BCUT2D eigenvalue weighted by atomic mass is 9.97. The average molecular weight is 296 g/mol. The third-order valence-electron chi connectivity index (χ3n) is 3.08. The van der Waals surface area contributed by atoms with Crippen LogP contribution >= 0.6 is 23.2 Å². The summed E-state index contributed by atoms with van der Waals surface area (Å²) in [6.45, 7) is 1.95.